The maximum Gasteiger partial charge on any atom is 0.290 e. The Bertz CT molecular complexity index is 587. The molecule has 6 nitrogen and oxygen atoms in total. The van der Waals surface area contributed by atoms with E-state index in [2.05, 4.69) is 10.0 Å². The first-order chi connectivity index (χ1) is 8.45. The molecular formula is C11H12N2O4S. The van der Waals surface area contributed by atoms with E-state index >= 15 is 0 Å². The van der Waals surface area contributed by atoms with E-state index in [0.717, 1.165) is 0 Å². The van der Waals surface area contributed by atoms with Crippen molar-refractivity contribution in [1.29, 1.82) is 5.26 Å². The summed E-state index contributed by atoms with van der Waals surface area (Å²) in [7, 11) is -3.74. The molecule has 0 saturated heterocycles. The predicted octanol–water partition coefficient (Wildman–Crippen LogP) is 1.56. The number of nitrogens with zero attached hydrogens (tertiary/aromatic N) is 1. The zero-order chi connectivity index (χ0) is 13.6. The van der Waals surface area contributed by atoms with Crippen LogP contribution in [0.15, 0.2) is 34.2 Å². The molecule has 1 rings (SSSR count). The second-order valence-corrected chi connectivity index (χ2v) is 5.61. The summed E-state index contributed by atoms with van der Waals surface area (Å²) < 4.78 is 32.1. The van der Waals surface area contributed by atoms with Crippen LogP contribution >= 0.6 is 0 Å². The molecule has 0 aliphatic heterocycles. The summed E-state index contributed by atoms with van der Waals surface area (Å²) in [6, 6.07) is 5.04. The highest BCUT2D eigenvalue weighted by Gasteiger charge is 2.17. The summed E-state index contributed by atoms with van der Waals surface area (Å²) in [6.07, 6.45) is 2.85. The van der Waals surface area contributed by atoms with Gasteiger partial charge in [-0.3, -0.25) is 0 Å². The highest BCUT2D eigenvalue weighted by Crippen LogP contribution is 2.03. The molecule has 18 heavy (non-hydrogen) atoms. The monoisotopic (exact) mass is 268 g/mol. The van der Waals surface area contributed by atoms with Crippen molar-refractivity contribution >= 4 is 16.2 Å². The van der Waals surface area contributed by atoms with Gasteiger partial charge in [0.2, 0.25) is 0 Å². The van der Waals surface area contributed by atoms with Gasteiger partial charge in [0.25, 0.3) is 10.1 Å². The molecule has 1 heterocycles. The Morgan fingerprint density at radius 2 is 2.33 bits per heavy atom. The summed E-state index contributed by atoms with van der Waals surface area (Å²) in [5, 5.41) is 8.04. The summed E-state index contributed by atoms with van der Waals surface area (Å²) in [5.74, 6) is 0.483. The van der Waals surface area contributed by atoms with Crippen molar-refractivity contribution in [3.05, 3.63) is 35.6 Å². The molecule has 0 amide bonds. The predicted molar refractivity (Wildman–Crippen MR) is 64.1 cm³/mol. The molecule has 0 saturated carbocycles. The minimum absolute atomic E-state index is 0.171. The number of hydrogen-bond acceptors (Lipinski definition) is 6. The van der Waals surface area contributed by atoms with Crippen LogP contribution in [0.25, 0.3) is 6.08 Å². The fraction of sp³-hybridized carbons (Fsp3) is 0.273. The van der Waals surface area contributed by atoms with Crippen LogP contribution in [0.4, 0.5) is 0 Å². The maximum atomic E-state index is 11.3. The molecule has 0 atom stereocenters. The normalized spacial score (nSPS) is 10.6. The molecular weight excluding hydrogens is 256 g/mol. The number of nitriles is 1. The fourth-order valence-electron chi connectivity index (χ4n) is 0.797. The molecule has 0 bridgehead atoms. The topological polar surface area (TPSA) is 92.3 Å². The quantitative estimate of drug-likeness (QED) is 0.495. The van der Waals surface area contributed by atoms with E-state index in [1.807, 2.05) is 5.48 Å². The Morgan fingerprint density at radius 1 is 1.61 bits per heavy atom. The molecule has 0 fully saturated rings. The largest absolute Gasteiger partial charge is 0.464 e. The Hall–Kier alpha value is -2.00. The van der Waals surface area contributed by atoms with Gasteiger partial charge in [-0.05, 0) is 26.0 Å². The number of rotatable bonds is 5. The van der Waals surface area contributed by atoms with E-state index in [-0.39, 0.29) is 5.70 Å². The van der Waals surface area contributed by atoms with Gasteiger partial charge in [0.05, 0.1) is 11.5 Å². The minimum atomic E-state index is -3.74. The van der Waals surface area contributed by atoms with E-state index in [9.17, 15) is 8.42 Å². The first-order valence-corrected chi connectivity index (χ1v) is 6.51. The third-order valence-electron chi connectivity index (χ3n) is 1.85. The molecule has 0 radical (unpaired) electrons. The second kappa shape index (κ2) is 6.07. The van der Waals surface area contributed by atoms with Crippen molar-refractivity contribution in [3.63, 3.8) is 0 Å². The molecule has 7 heteroatoms. The molecule has 1 N–H and O–H groups in total. The van der Waals surface area contributed by atoms with Crippen molar-refractivity contribution in [3.8, 4) is 6.07 Å². The first kappa shape index (κ1) is 14.1. The zero-order valence-electron chi connectivity index (χ0n) is 9.88. The van der Waals surface area contributed by atoms with Gasteiger partial charge in [-0.25, -0.2) is 5.48 Å². The lowest BCUT2D eigenvalue weighted by Gasteiger charge is -2.07. The van der Waals surface area contributed by atoms with Crippen LogP contribution in [0, 0.1) is 11.3 Å². The Labute approximate surface area is 105 Å². The van der Waals surface area contributed by atoms with Crippen LogP contribution in [-0.2, 0) is 14.4 Å². The molecule has 96 valence electrons. The summed E-state index contributed by atoms with van der Waals surface area (Å²) in [4.78, 5) is 0. The third kappa shape index (κ3) is 4.11. The van der Waals surface area contributed by atoms with Gasteiger partial charge in [0, 0.05) is 6.08 Å². The van der Waals surface area contributed by atoms with Crippen LogP contribution in [0.1, 0.15) is 19.6 Å². The smallest absolute Gasteiger partial charge is 0.290 e. The van der Waals surface area contributed by atoms with E-state index in [1.165, 1.54) is 26.2 Å². The van der Waals surface area contributed by atoms with Gasteiger partial charge < -0.3 is 4.42 Å². The van der Waals surface area contributed by atoms with Gasteiger partial charge >= 0.3 is 0 Å². The molecule has 0 spiro atoms. The van der Waals surface area contributed by atoms with Gasteiger partial charge in [-0.1, -0.05) is 5.73 Å². The summed E-state index contributed by atoms with van der Waals surface area (Å²) in [5.41, 5.74) is 4.39. The van der Waals surface area contributed by atoms with Crippen molar-refractivity contribution < 1.29 is 17.1 Å². The number of hydrogen-bond donors (Lipinski definition) is 1. The standard InChI is InChI=1S/C11H12N2O4S/c1-9(2)18(14,15)17-13-10(8-12)5-6-11-4-3-7-16-11/h3-4,6-7,9,13H,1-2H3. The summed E-state index contributed by atoms with van der Waals surface area (Å²) in [6.45, 7) is 2.93. The van der Waals surface area contributed by atoms with Gasteiger partial charge in [0.1, 0.15) is 11.8 Å². The molecule has 0 aliphatic rings. The number of allylic oxidation sites excluding steroid dienone is 1. The highest BCUT2D eigenvalue weighted by molar-refractivity contribution is 7.87. The van der Waals surface area contributed by atoms with Gasteiger partial charge in [-0.2, -0.15) is 13.7 Å². The average molecular weight is 268 g/mol. The second-order valence-electron chi connectivity index (χ2n) is 3.52. The van der Waals surface area contributed by atoms with Gasteiger partial charge in [0.15, 0.2) is 5.70 Å². The number of furan rings is 1. The van der Waals surface area contributed by atoms with Gasteiger partial charge in [-0.15, -0.1) is 4.28 Å². The van der Waals surface area contributed by atoms with E-state index in [1.54, 1.807) is 18.2 Å². The van der Waals surface area contributed by atoms with Crippen LogP contribution in [0.3, 0.4) is 0 Å². The lowest BCUT2D eigenvalue weighted by molar-refractivity contribution is 0.239. The zero-order valence-corrected chi connectivity index (χ0v) is 10.7. The minimum Gasteiger partial charge on any atom is -0.464 e. The SMILES string of the molecule is CC(C)S(=O)(=O)ONC(=C=Cc1ccco1)C#N. The molecule has 1 aromatic heterocycles. The van der Waals surface area contributed by atoms with Crippen molar-refractivity contribution in [1.82, 2.24) is 5.48 Å². The van der Waals surface area contributed by atoms with E-state index < -0.39 is 15.4 Å². The highest BCUT2D eigenvalue weighted by atomic mass is 32.2. The Balaban J connectivity index is 2.76. The maximum absolute atomic E-state index is 11.3. The van der Waals surface area contributed by atoms with Crippen LogP contribution in [-0.4, -0.2) is 13.7 Å². The fourth-order valence-corrected chi connectivity index (χ4v) is 1.19. The molecule has 0 aromatic carbocycles. The van der Waals surface area contributed by atoms with Crippen molar-refractivity contribution in [2.24, 2.45) is 0 Å². The van der Waals surface area contributed by atoms with E-state index in [0.29, 0.717) is 5.76 Å². The molecule has 1 aromatic rings. The molecule has 0 aliphatic carbocycles. The van der Waals surface area contributed by atoms with Crippen molar-refractivity contribution in [2.75, 3.05) is 0 Å². The first-order valence-electron chi connectivity index (χ1n) is 5.04. The number of hydroxylamine groups is 1. The Morgan fingerprint density at radius 3 is 2.83 bits per heavy atom. The van der Waals surface area contributed by atoms with Crippen LogP contribution in [0.2, 0.25) is 0 Å². The van der Waals surface area contributed by atoms with Crippen LogP contribution in [0.5, 0.6) is 0 Å². The van der Waals surface area contributed by atoms with E-state index in [4.69, 9.17) is 9.68 Å². The summed E-state index contributed by atoms with van der Waals surface area (Å²) >= 11 is 0. The average Bonchev–Trinajstić information content (AvgIpc) is 2.82. The van der Waals surface area contributed by atoms with Crippen LogP contribution < -0.4 is 5.48 Å². The Kier molecular flexibility index (Phi) is 4.75. The molecule has 0 unspecified atom stereocenters. The van der Waals surface area contributed by atoms with Crippen molar-refractivity contribution in [2.45, 2.75) is 19.1 Å². The number of nitrogens with one attached hydrogen (secondary N) is 1. The lowest BCUT2D eigenvalue weighted by atomic mass is 10.4. The third-order valence-corrected chi connectivity index (χ3v) is 3.32. The lowest BCUT2D eigenvalue weighted by Crippen LogP contribution is -2.25.